The Bertz CT molecular complexity index is 1030. The summed E-state index contributed by atoms with van der Waals surface area (Å²) >= 11 is 7.54. The van der Waals surface area contributed by atoms with Gasteiger partial charge in [0.2, 0.25) is 0 Å². The van der Waals surface area contributed by atoms with E-state index in [0.29, 0.717) is 26.8 Å². The molecule has 0 spiro atoms. The van der Waals surface area contributed by atoms with E-state index in [1.54, 1.807) is 30.3 Å². The van der Waals surface area contributed by atoms with Crippen LogP contribution in [0.5, 0.6) is 0 Å². The number of carbonyl (C=O) groups excluding carboxylic acids is 2. The molecular formula is C22H20ClN3O3S. The van der Waals surface area contributed by atoms with Gasteiger partial charge in [0.15, 0.2) is 0 Å². The Kier molecular flexibility index (Phi) is 6.32. The van der Waals surface area contributed by atoms with Gasteiger partial charge in [0.1, 0.15) is 0 Å². The number of carbonyl (C=O) groups is 2. The average Bonchev–Trinajstić information content (AvgIpc) is 3.31. The summed E-state index contributed by atoms with van der Waals surface area (Å²) < 4.78 is 5.38. The third kappa shape index (κ3) is 4.81. The molecule has 8 heteroatoms. The smallest absolute Gasteiger partial charge is 0.265 e. The molecule has 2 N–H and O–H groups in total. The van der Waals surface area contributed by atoms with E-state index in [1.807, 2.05) is 29.6 Å². The fourth-order valence-electron chi connectivity index (χ4n) is 3.13. The van der Waals surface area contributed by atoms with E-state index in [4.69, 9.17) is 16.3 Å². The molecule has 2 amide bonds. The van der Waals surface area contributed by atoms with Gasteiger partial charge >= 0.3 is 0 Å². The number of benzene rings is 2. The van der Waals surface area contributed by atoms with Gasteiger partial charge in [-0.15, -0.1) is 11.3 Å². The van der Waals surface area contributed by atoms with Crippen LogP contribution in [0.4, 0.5) is 17.1 Å². The summed E-state index contributed by atoms with van der Waals surface area (Å²) in [5.74, 6) is -0.541. The number of halogens is 1. The highest BCUT2D eigenvalue weighted by Gasteiger charge is 2.14. The van der Waals surface area contributed by atoms with Gasteiger partial charge in [-0.25, -0.2) is 0 Å². The van der Waals surface area contributed by atoms with Gasteiger partial charge in [0, 0.05) is 30.0 Å². The van der Waals surface area contributed by atoms with Crippen LogP contribution in [-0.2, 0) is 4.74 Å². The van der Waals surface area contributed by atoms with Crippen molar-refractivity contribution in [2.75, 3.05) is 41.8 Å². The second kappa shape index (κ2) is 9.30. The third-order valence-electron chi connectivity index (χ3n) is 4.72. The molecule has 0 unspecified atom stereocenters. The number of rotatable bonds is 5. The van der Waals surface area contributed by atoms with Crippen molar-refractivity contribution in [1.29, 1.82) is 0 Å². The van der Waals surface area contributed by atoms with Crippen LogP contribution < -0.4 is 15.5 Å². The highest BCUT2D eigenvalue weighted by atomic mass is 35.5. The first kappa shape index (κ1) is 20.4. The van der Waals surface area contributed by atoms with Crippen LogP contribution in [-0.4, -0.2) is 38.1 Å². The van der Waals surface area contributed by atoms with Gasteiger partial charge in [-0.1, -0.05) is 17.7 Å². The Morgan fingerprint density at radius 3 is 2.43 bits per heavy atom. The Hall–Kier alpha value is -2.87. The van der Waals surface area contributed by atoms with E-state index in [2.05, 4.69) is 15.5 Å². The summed E-state index contributed by atoms with van der Waals surface area (Å²) in [5.41, 5.74) is 2.58. The van der Waals surface area contributed by atoms with E-state index >= 15 is 0 Å². The van der Waals surface area contributed by atoms with Crippen LogP contribution in [0, 0.1) is 0 Å². The third-order valence-corrected chi connectivity index (χ3v) is 5.92. The van der Waals surface area contributed by atoms with Crippen LogP contribution >= 0.6 is 22.9 Å². The molecule has 30 heavy (non-hydrogen) atoms. The molecule has 6 nitrogen and oxygen atoms in total. The Labute approximate surface area is 183 Å². The van der Waals surface area contributed by atoms with Crippen molar-refractivity contribution < 1.29 is 14.3 Å². The number of nitrogens with zero attached hydrogens (tertiary/aromatic N) is 1. The number of hydrogen-bond donors (Lipinski definition) is 2. The van der Waals surface area contributed by atoms with Gasteiger partial charge < -0.3 is 20.3 Å². The maximum Gasteiger partial charge on any atom is 0.265 e. The molecule has 0 atom stereocenters. The summed E-state index contributed by atoms with van der Waals surface area (Å²) in [5, 5.41) is 7.83. The number of hydrogen-bond acceptors (Lipinski definition) is 5. The van der Waals surface area contributed by atoms with Crippen molar-refractivity contribution in [2.45, 2.75) is 0 Å². The lowest BCUT2D eigenvalue weighted by Crippen LogP contribution is -2.36. The summed E-state index contributed by atoms with van der Waals surface area (Å²) in [6.45, 7) is 3.16. The molecule has 0 saturated carbocycles. The zero-order valence-corrected chi connectivity index (χ0v) is 17.6. The van der Waals surface area contributed by atoms with Crippen LogP contribution in [0.1, 0.15) is 20.0 Å². The lowest BCUT2D eigenvalue weighted by Gasteiger charge is -2.28. The van der Waals surface area contributed by atoms with Crippen LogP contribution in [0.3, 0.4) is 0 Å². The van der Waals surface area contributed by atoms with Crippen molar-refractivity contribution in [3.8, 4) is 0 Å². The topological polar surface area (TPSA) is 70.7 Å². The SMILES string of the molecule is O=C(Nc1ccc(N2CCOCC2)cc1)c1ccc(Cl)c(NC(=O)c2cccs2)c1. The second-order valence-electron chi connectivity index (χ2n) is 6.73. The summed E-state index contributed by atoms with van der Waals surface area (Å²) in [7, 11) is 0. The monoisotopic (exact) mass is 441 g/mol. The standard InChI is InChI=1S/C22H20ClN3O3S/c23-18-8-3-15(14-19(18)25-22(28)20-2-1-13-30-20)21(27)24-16-4-6-17(7-5-16)26-9-11-29-12-10-26/h1-8,13-14H,9-12H2,(H,24,27)(H,25,28). The molecule has 0 bridgehead atoms. The van der Waals surface area contributed by atoms with Crippen molar-refractivity contribution in [3.63, 3.8) is 0 Å². The molecule has 4 rings (SSSR count). The van der Waals surface area contributed by atoms with Crippen molar-refractivity contribution in [2.24, 2.45) is 0 Å². The van der Waals surface area contributed by atoms with Gasteiger partial charge in [-0.05, 0) is 53.9 Å². The number of morpholine rings is 1. The molecule has 0 aliphatic carbocycles. The van der Waals surface area contributed by atoms with Gasteiger partial charge in [0.05, 0.1) is 28.8 Å². The number of ether oxygens (including phenoxy) is 1. The van der Waals surface area contributed by atoms with Crippen molar-refractivity contribution >= 4 is 51.8 Å². The molecular weight excluding hydrogens is 422 g/mol. The molecule has 1 saturated heterocycles. The van der Waals surface area contributed by atoms with E-state index in [0.717, 1.165) is 32.0 Å². The molecule has 0 radical (unpaired) electrons. The van der Waals surface area contributed by atoms with Crippen molar-refractivity contribution in [1.82, 2.24) is 0 Å². The number of amides is 2. The maximum absolute atomic E-state index is 12.7. The quantitative estimate of drug-likeness (QED) is 0.599. The number of nitrogens with one attached hydrogen (secondary N) is 2. The van der Waals surface area contributed by atoms with Gasteiger partial charge in [-0.2, -0.15) is 0 Å². The minimum Gasteiger partial charge on any atom is -0.378 e. The van der Waals surface area contributed by atoms with E-state index in [-0.39, 0.29) is 11.8 Å². The Balaban J connectivity index is 1.43. The Morgan fingerprint density at radius 1 is 0.967 bits per heavy atom. The van der Waals surface area contributed by atoms with Gasteiger partial charge in [-0.3, -0.25) is 9.59 Å². The van der Waals surface area contributed by atoms with E-state index in [9.17, 15) is 9.59 Å². The van der Waals surface area contributed by atoms with Gasteiger partial charge in [0.25, 0.3) is 11.8 Å². The summed E-state index contributed by atoms with van der Waals surface area (Å²) in [6, 6.07) is 16.0. The minimum atomic E-state index is -0.280. The summed E-state index contributed by atoms with van der Waals surface area (Å²) in [4.78, 5) is 27.8. The Morgan fingerprint density at radius 2 is 1.73 bits per heavy atom. The predicted octanol–water partition coefficient (Wildman–Crippen LogP) is 4.74. The normalized spacial score (nSPS) is 13.7. The highest BCUT2D eigenvalue weighted by molar-refractivity contribution is 7.12. The second-order valence-corrected chi connectivity index (χ2v) is 8.08. The molecule has 2 aromatic carbocycles. The summed E-state index contributed by atoms with van der Waals surface area (Å²) in [6.07, 6.45) is 0. The van der Waals surface area contributed by atoms with Crippen molar-refractivity contribution in [3.05, 3.63) is 75.4 Å². The lowest BCUT2D eigenvalue weighted by atomic mass is 10.1. The fourth-order valence-corrected chi connectivity index (χ4v) is 3.92. The molecule has 154 valence electrons. The maximum atomic E-state index is 12.7. The van der Waals surface area contributed by atoms with Crippen LogP contribution in [0.25, 0.3) is 0 Å². The minimum absolute atomic E-state index is 0.261. The lowest BCUT2D eigenvalue weighted by molar-refractivity contribution is 0.101. The first-order chi connectivity index (χ1) is 14.6. The molecule has 1 aromatic heterocycles. The largest absolute Gasteiger partial charge is 0.378 e. The van der Waals surface area contributed by atoms with Crippen LogP contribution in [0.15, 0.2) is 60.0 Å². The predicted molar refractivity (Wildman–Crippen MR) is 121 cm³/mol. The molecule has 1 aliphatic rings. The van der Waals surface area contributed by atoms with E-state index < -0.39 is 0 Å². The molecule has 3 aromatic rings. The fraction of sp³-hybridized carbons (Fsp3) is 0.182. The van der Waals surface area contributed by atoms with E-state index in [1.165, 1.54) is 11.3 Å². The average molecular weight is 442 g/mol. The first-order valence-corrected chi connectivity index (χ1v) is 10.7. The highest BCUT2D eigenvalue weighted by Crippen LogP contribution is 2.25. The molecule has 1 aliphatic heterocycles. The number of thiophene rings is 1. The first-order valence-electron chi connectivity index (χ1n) is 9.49. The zero-order chi connectivity index (χ0) is 20.9. The zero-order valence-electron chi connectivity index (χ0n) is 16.1. The molecule has 2 heterocycles. The van der Waals surface area contributed by atoms with Crippen LogP contribution in [0.2, 0.25) is 5.02 Å². The molecule has 1 fully saturated rings. The number of anilines is 3.